The smallest absolute Gasteiger partial charge is 0.312 e. The summed E-state index contributed by atoms with van der Waals surface area (Å²) >= 11 is 0. The number of rotatable bonds is 3. The Hall–Kier alpha value is -2.63. The van der Waals surface area contributed by atoms with Crippen LogP contribution in [0.2, 0.25) is 0 Å². The van der Waals surface area contributed by atoms with E-state index in [2.05, 4.69) is 10.1 Å². The Morgan fingerprint density at radius 1 is 1.33 bits per heavy atom. The van der Waals surface area contributed by atoms with Gasteiger partial charge in [-0.1, -0.05) is 23.4 Å². The molecule has 6 nitrogen and oxygen atoms in total. The van der Waals surface area contributed by atoms with Gasteiger partial charge in [0, 0.05) is 5.39 Å². The zero-order chi connectivity index (χ0) is 12.5. The molecule has 0 aliphatic heterocycles. The Balaban J connectivity index is 2.04. The first kappa shape index (κ1) is 10.5. The molecule has 0 amide bonds. The maximum Gasteiger partial charge on any atom is 0.312 e. The molecule has 0 saturated heterocycles. The van der Waals surface area contributed by atoms with Crippen LogP contribution in [-0.2, 0) is 11.2 Å². The third-order valence-corrected chi connectivity index (χ3v) is 2.49. The lowest BCUT2D eigenvalue weighted by atomic mass is 10.2. The van der Waals surface area contributed by atoms with Crippen LogP contribution in [0.4, 0.5) is 0 Å². The van der Waals surface area contributed by atoms with E-state index in [1.165, 1.54) is 6.26 Å². The molecule has 0 atom stereocenters. The number of carbonyl (C=O) groups is 1. The second-order valence-electron chi connectivity index (χ2n) is 3.73. The molecule has 1 aromatic carbocycles. The van der Waals surface area contributed by atoms with Crippen LogP contribution in [0, 0.1) is 0 Å². The molecule has 0 aliphatic rings. The number of hydrogen-bond acceptors (Lipinski definition) is 5. The Morgan fingerprint density at radius 3 is 3.00 bits per heavy atom. The minimum atomic E-state index is -1.01. The van der Waals surface area contributed by atoms with Crippen molar-refractivity contribution in [3.05, 3.63) is 36.4 Å². The molecule has 90 valence electrons. The predicted molar refractivity (Wildman–Crippen MR) is 60.8 cm³/mol. The first-order valence-corrected chi connectivity index (χ1v) is 5.25. The molecular formula is C12H8N2O4. The molecule has 1 N–H and O–H groups in total. The average Bonchev–Trinajstić information content (AvgIpc) is 2.94. The maximum absolute atomic E-state index is 10.5. The van der Waals surface area contributed by atoms with Crippen molar-refractivity contribution in [3.63, 3.8) is 0 Å². The van der Waals surface area contributed by atoms with Gasteiger partial charge in [0.05, 0.1) is 5.56 Å². The number of benzene rings is 1. The molecule has 0 unspecified atom stereocenters. The van der Waals surface area contributed by atoms with Crippen molar-refractivity contribution in [1.82, 2.24) is 10.1 Å². The molecule has 6 heteroatoms. The van der Waals surface area contributed by atoms with Crippen LogP contribution in [-0.4, -0.2) is 21.2 Å². The molecule has 2 aromatic heterocycles. The summed E-state index contributed by atoms with van der Waals surface area (Å²) in [6.07, 6.45) is 1.24. The number of aromatic nitrogens is 2. The van der Waals surface area contributed by atoms with Gasteiger partial charge in [-0.2, -0.15) is 4.98 Å². The fraction of sp³-hybridized carbons (Fsp3) is 0.0833. The first-order valence-electron chi connectivity index (χ1n) is 5.25. The second kappa shape index (κ2) is 3.99. The number of furan rings is 1. The van der Waals surface area contributed by atoms with E-state index < -0.39 is 5.97 Å². The van der Waals surface area contributed by atoms with Crippen LogP contribution in [0.5, 0.6) is 0 Å². The van der Waals surface area contributed by atoms with Crippen LogP contribution in [0.3, 0.4) is 0 Å². The van der Waals surface area contributed by atoms with Crippen LogP contribution in [0.1, 0.15) is 5.89 Å². The molecule has 0 spiro atoms. The van der Waals surface area contributed by atoms with Gasteiger partial charge in [-0.25, -0.2) is 0 Å². The fourth-order valence-electron chi connectivity index (χ4n) is 1.72. The van der Waals surface area contributed by atoms with Gasteiger partial charge in [0.1, 0.15) is 18.3 Å². The molecule has 3 rings (SSSR count). The molecule has 3 aromatic rings. The number of hydrogen-bond donors (Lipinski definition) is 1. The molecule has 0 saturated carbocycles. The molecule has 2 heterocycles. The Labute approximate surface area is 101 Å². The molecule has 0 fully saturated rings. The monoisotopic (exact) mass is 244 g/mol. The number of carboxylic acids is 1. The summed E-state index contributed by atoms with van der Waals surface area (Å²) in [5, 5.41) is 13.2. The van der Waals surface area contributed by atoms with Gasteiger partial charge in [0.25, 0.3) is 0 Å². The summed E-state index contributed by atoms with van der Waals surface area (Å²) in [7, 11) is 0. The normalized spacial score (nSPS) is 10.9. The Bertz CT molecular complexity index is 714. The number of aliphatic carboxylic acids is 1. The van der Waals surface area contributed by atoms with Gasteiger partial charge in [-0.15, -0.1) is 0 Å². The largest absolute Gasteiger partial charge is 0.481 e. The van der Waals surface area contributed by atoms with Gasteiger partial charge in [-0.3, -0.25) is 4.79 Å². The van der Waals surface area contributed by atoms with Crippen molar-refractivity contribution in [2.24, 2.45) is 0 Å². The highest BCUT2D eigenvalue weighted by Crippen LogP contribution is 2.28. The summed E-state index contributed by atoms with van der Waals surface area (Å²) < 4.78 is 10.2. The SMILES string of the molecule is O=C(O)Cc1nc(-c2coc3ccccc23)no1. The summed E-state index contributed by atoms with van der Waals surface area (Å²) in [5.41, 5.74) is 1.41. The molecular weight excluding hydrogens is 236 g/mol. The maximum atomic E-state index is 10.5. The average molecular weight is 244 g/mol. The quantitative estimate of drug-likeness (QED) is 0.758. The van der Waals surface area contributed by atoms with E-state index in [0.717, 1.165) is 11.0 Å². The third-order valence-electron chi connectivity index (χ3n) is 2.49. The number of fused-ring (bicyclic) bond motifs is 1. The second-order valence-corrected chi connectivity index (χ2v) is 3.73. The van der Waals surface area contributed by atoms with Crippen molar-refractivity contribution in [1.29, 1.82) is 0 Å². The zero-order valence-electron chi connectivity index (χ0n) is 9.16. The number of carboxylic acid groups (broad SMARTS) is 1. The third kappa shape index (κ3) is 1.73. The molecule has 0 radical (unpaired) electrons. The van der Waals surface area contributed by atoms with Crippen molar-refractivity contribution in [3.8, 4) is 11.4 Å². The van der Waals surface area contributed by atoms with Gasteiger partial charge in [-0.05, 0) is 6.07 Å². The lowest BCUT2D eigenvalue weighted by Gasteiger charge is -1.88. The standard InChI is InChI=1S/C12H8N2O4/c15-11(16)5-10-13-12(14-18-10)8-6-17-9-4-2-1-3-7(8)9/h1-4,6H,5H2,(H,15,16). The highest BCUT2D eigenvalue weighted by Gasteiger charge is 2.15. The Kier molecular flexibility index (Phi) is 2.33. The molecule has 0 aliphatic carbocycles. The van der Waals surface area contributed by atoms with Crippen LogP contribution >= 0.6 is 0 Å². The molecule has 18 heavy (non-hydrogen) atoms. The van der Waals surface area contributed by atoms with E-state index in [9.17, 15) is 4.79 Å². The van der Waals surface area contributed by atoms with Crippen molar-refractivity contribution in [2.45, 2.75) is 6.42 Å². The highest BCUT2D eigenvalue weighted by atomic mass is 16.5. The first-order chi connectivity index (χ1) is 8.74. The summed E-state index contributed by atoms with van der Waals surface area (Å²) in [5.74, 6) is -0.610. The summed E-state index contributed by atoms with van der Waals surface area (Å²) in [6.45, 7) is 0. The lowest BCUT2D eigenvalue weighted by molar-refractivity contribution is -0.136. The number of para-hydroxylation sites is 1. The summed E-state index contributed by atoms with van der Waals surface area (Å²) in [4.78, 5) is 14.6. The predicted octanol–water partition coefficient (Wildman–Crippen LogP) is 2.11. The van der Waals surface area contributed by atoms with E-state index in [1.807, 2.05) is 24.3 Å². The summed E-state index contributed by atoms with van der Waals surface area (Å²) in [6, 6.07) is 7.44. The minimum Gasteiger partial charge on any atom is -0.481 e. The van der Waals surface area contributed by atoms with E-state index in [0.29, 0.717) is 11.4 Å². The van der Waals surface area contributed by atoms with Crippen molar-refractivity contribution >= 4 is 16.9 Å². The van der Waals surface area contributed by atoms with Crippen molar-refractivity contribution < 1.29 is 18.8 Å². The van der Waals surface area contributed by atoms with Crippen LogP contribution < -0.4 is 0 Å². The van der Waals surface area contributed by atoms with Gasteiger partial charge in [0.2, 0.25) is 11.7 Å². The van der Waals surface area contributed by atoms with Crippen LogP contribution in [0.25, 0.3) is 22.4 Å². The van der Waals surface area contributed by atoms with E-state index in [1.54, 1.807) is 0 Å². The zero-order valence-corrected chi connectivity index (χ0v) is 9.16. The number of nitrogens with zero attached hydrogens (tertiary/aromatic N) is 2. The van der Waals surface area contributed by atoms with Gasteiger partial charge >= 0.3 is 5.97 Å². The van der Waals surface area contributed by atoms with E-state index in [-0.39, 0.29) is 12.3 Å². The van der Waals surface area contributed by atoms with Gasteiger partial charge in [0.15, 0.2) is 0 Å². The molecule has 0 bridgehead atoms. The highest BCUT2D eigenvalue weighted by molar-refractivity contribution is 5.91. The van der Waals surface area contributed by atoms with Crippen LogP contribution in [0.15, 0.2) is 39.5 Å². The fourth-order valence-corrected chi connectivity index (χ4v) is 1.72. The minimum absolute atomic E-state index is 0.0720. The van der Waals surface area contributed by atoms with E-state index >= 15 is 0 Å². The Morgan fingerprint density at radius 2 is 2.17 bits per heavy atom. The van der Waals surface area contributed by atoms with Crippen molar-refractivity contribution in [2.75, 3.05) is 0 Å². The van der Waals surface area contributed by atoms with E-state index in [4.69, 9.17) is 14.0 Å². The lowest BCUT2D eigenvalue weighted by Crippen LogP contribution is -1.99. The topological polar surface area (TPSA) is 89.4 Å². The van der Waals surface area contributed by atoms with Gasteiger partial charge < -0.3 is 14.0 Å².